The SMILES string of the molecule is Cl.Nc1c[nH]c2cc(F)ccc2c1=O. The van der Waals surface area contributed by atoms with Gasteiger partial charge in [-0.3, -0.25) is 4.79 Å². The summed E-state index contributed by atoms with van der Waals surface area (Å²) in [6, 6.07) is 3.91. The summed E-state index contributed by atoms with van der Waals surface area (Å²) in [6.45, 7) is 0. The number of pyridine rings is 1. The molecule has 1 aromatic heterocycles. The van der Waals surface area contributed by atoms with Crippen LogP contribution in [0.2, 0.25) is 0 Å². The second-order valence-corrected chi connectivity index (χ2v) is 2.76. The number of nitrogens with one attached hydrogen (secondary N) is 1. The molecule has 0 saturated heterocycles. The van der Waals surface area contributed by atoms with Gasteiger partial charge in [-0.25, -0.2) is 4.39 Å². The van der Waals surface area contributed by atoms with Gasteiger partial charge in [0.25, 0.3) is 0 Å². The maximum atomic E-state index is 12.7. The van der Waals surface area contributed by atoms with Crippen molar-refractivity contribution in [3.8, 4) is 0 Å². The zero-order valence-corrected chi connectivity index (χ0v) is 7.90. The Morgan fingerprint density at radius 1 is 1.36 bits per heavy atom. The van der Waals surface area contributed by atoms with Gasteiger partial charge in [-0.2, -0.15) is 0 Å². The number of hydrogen-bond acceptors (Lipinski definition) is 2. The molecular formula is C9H8ClFN2O. The summed E-state index contributed by atoms with van der Waals surface area (Å²) in [5.74, 6) is -0.382. The Hall–Kier alpha value is -1.55. The molecule has 0 aliphatic carbocycles. The van der Waals surface area contributed by atoms with Gasteiger partial charge in [0.15, 0.2) is 0 Å². The third-order valence-electron chi connectivity index (χ3n) is 1.87. The first-order valence-corrected chi connectivity index (χ1v) is 3.75. The molecule has 2 aromatic rings. The topological polar surface area (TPSA) is 58.9 Å². The van der Waals surface area contributed by atoms with E-state index in [0.29, 0.717) is 10.9 Å². The first-order chi connectivity index (χ1) is 6.18. The Kier molecular flexibility index (Phi) is 2.76. The van der Waals surface area contributed by atoms with E-state index < -0.39 is 0 Å². The van der Waals surface area contributed by atoms with Gasteiger partial charge in [-0.15, -0.1) is 12.4 Å². The molecule has 3 nitrogen and oxygen atoms in total. The van der Waals surface area contributed by atoms with Crippen LogP contribution in [0.5, 0.6) is 0 Å². The fourth-order valence-corrected chi connectivity index (χ4v) is 1.21. The first-order valence-electron chi connectivity index (χ1n) is 3.75. The highest BCUT2D eigenvalue weighted by Gasteiger charge is 2.02. The monoisotopic (exact) mass is 214 g/mol. The van der Waals surface area contributed by atoms with Gasteiger partial charge < -0.3 is 10.7 Å². The number of fused-ring (bicyclic) bond motifs is 1. The maximum absolute atomic E-state index is 12.7. The molecule has 5 heteroatoms. The highest BCUT2D eigenvalue weighted by molar-refractivity contribution is 5.85. The number of aromatic nitrogens is 1. The van der Waals surface area contributed by atoms with Crippen LogP contribution < -0.4 is 11.2 Å². The Labute approximate surface area is 85.2 Å². The smallest absolute Gasteiger partial charge is 0.212 e. The van der Waals surface area contributed by atoms with Crippen LogP contribution in [0.3, 0.4) is 0 Å². The molecule has 2 rings (SSSR count). The lowest BCUT2D eigenvalue weighted by molar-refractivity contribution is 0.629. The van der Waals surface area contributed by atoms with Crippen LogP contribution in [0.1, 0.15) is 0 Å². The van der Waals surface area contributed by atoms with Crippen molar-refractivity contribution in [1.82, 2.24) is 4.98 Å². The lowest BCUT2D eigenvalue weighted by Crippen LogP contribution is -2.08. The summed E-state index contributed by atoms with van der Waals surface area (Å²) >= 11 is 0. The van der Waals surface area contributed by atoms with Crippen molar-refractivity contribution in [2.24, 2.45) is 0 Å². The van der Waals surface area contributed by atoms with Crippen LogP contribution in [0, 0.1) is 5.82 Å². The van der Waals surface area contributed by atoms with Crippen molar-refractivity contribution in [2.45, 2.75) is 0 Å². The van der Waals surface area contributed by atoms with E-state index >= 15 is 0 Å². The van der Waals surface area contributed by atoms with Gasteiger partial charge >= 0.3 is 0 Å². The van der Waals surface area contributed by atoms with E-state index in [1.54, 1.807) is 0 Å². The van der Waals surface area contributed by atoms with Gasteiger partial charge in [0.05, 0.1) is 11.2 Å². The van der Waals surface area contributed by atoms with Crippen molar-refractivity contribution in [1.29, 1.82) is 0 Å². The van der Waals surface area contributed by atoms with Crippen LogP contribution in [-0.2, 0) is 0 Å². The van der Waals surface area contributed by atoms with E-state index in [1.165, 1.54) is 24.4 Å². The maximum Gasteiger partial charge on any atom is 0.212 e. The number of nitrogens with two attached hydrogens (primary N) is 1. The molecule has 0 saturated carbocycles. The molecule has 14 heavy (non-hydrogen) atoms. The van der Waals surface area contributed by atoms with Crippen molar-refractivity contribution in [2.75, 3.05) is 5.73 Å². The van der Waals surface area contributed by atoms with Crippen molar-refractivity contribution in [3.05, 3.63) is 40.4 Å². The Bertz CT molecular complexity index is 524. The quantitative estimate of drug-likeness (QED) is 0.701. The minimum absolute atomic E-state index is 0. The highest BCUT2D eigenvalue weighted by atomic mass is 35.5. The number of rotatable bonds is 0. The molecule has 1 heterocycles. The summed E-state index contributed by atoms with van der Waals surface area (Å²) in [5.41, 5.74) is 5.71. The number of halogens is 2. The van der Waals surface area contributed by atoms with Gasteiger partial charge in [0.1, 0.15) is 5.82 Å². The third-order valence-corrected chi connectivity index (χ3v) is 1.87. The predicted molar refractivity (Wildman–Crippen MR) is 56.2 cm³/mol. The molecule has 74 valence electrons. The molecule has 0 radical (unpaired) electrons. The summed E-state index contributed by atoms with van der Waals surface area (Å²) in [5, 5.41) is 0.404. The largest absolute Gasteiger partial charge is 0.394 e. The number of hydrogen-bond donors (Lipinski definition) is 2. The molecule has 0 amide bonds. The van der Waals surface area contributed by atoms with E-state index in [-0.39, 0.29) is 29.3 Å². The van der Waals surface area contributed by atoms with Crippen molar-refractivity contribution in [3.63, 3.8) is 0 Å². The number of nitrogen functional groups attached to an aromatic ring is 1. The van der Waals surface area contributed by atoms with Crippen molar-refractivity contribution >= 4 is 29.0 Å². The first kappa shape index (κ1) is 10.5. The third kappa shape index (κ3) is 1.56. The lowest BCUT2D eigenvalue weighted by Gasteiger charge is -1.98. The highest BCUT2D eigenvalue weighted by Crippen LogP contribution is 2.10. The molecule has 3 N–H and O–H groups in total. The number of benzene rings is 1. The summed E-state index contributed by atoms with van der Waals surface area (Å²) in [4.78, 5) is 14.1. The average Bonchev–Trinajstić information content (AvgIpc) is 2.12. The molecule has 0 unspecified atom stereocenters. The Morgan fingerprint density at radius 3 is 2.79 bits per heavy atom. The van der Waals surface area contributed by atoms with E-state index in [9.17, 15) is 9.18 Å². The molecule has 1 aromatic carbocycles. The predicted octanol–water partition coefficient (Wildman–Crippen LogP) is 1.67. The van der Waals surface area contributed by atoms with E-state index in [1.807, 2.05) is 0 Å². The summed E-state index contributed by atoms with van der Waals surface area (Å²) in [6.07, 6.45) is 1.37. The molecule has 0 aliphatic rings. The Morgan fingerprint density at radius 2 is 2.07 bits per heavy atom. The standard InChI is InChI=1S/C9H7FN2O.ClH/c10-5-1-2-6-8(3-5)12-4-7(11)9(6)13;/h1-4H,11H2,(H,12,13);1H. The zero-order valence-electron chi connectivity index (χ0n) is 7.08. The Balaban J connectivity index is 0.000000980. The number of aromatic amines is 1. The van der Waals surface area contributed by atoms with Gasteiger partial charge in [-0.1, -0.05) is 0 Å². The van der Waals surface area contributed by atoms with Crippen LogP contribution in [-0.4, -0.2) is 4.98 Å². The summed E-state index contributed by atoms with van der Waals surface area (Å²) < 4.78 is 12.7. The molecular weight excluding hydrogens is 207 g/mol. The van der Waals surface area contributed by atoms with Crippen LogP contribution in [0.15, 0.2) is 29.2 Å². The molecule has 0 bridgehead atoms. The minimum Gasteiger partial charge on any atom is -0.394 e. The minimum atomic E-state index is -0.382. The van der Waals surface area contributed by atoms with Gasteiger partial charge in [0, 0.05) is 11.6 Å². The van der Waals surface area contributed by atoms with Crippen LogP contribution in [0.4, 0.5) is 10.1 Å². The van der Waals surface area contributed by atoms with E-state index in [2.05, 4.69) is 4.98 Å². The van der Waals surface area contributed by atoms with Crippen LogP contribution in [0.25, 0.3) is 10.9 Å². The zero-order chi connectivity index (χ0) is 9.42. The van der Waals surface area contributed by atoms with Crippen molar-refractivity contribution < 1.29 is 4.39 Å². The molecule has 0 fully saturated rings. The second-order valence-electron chi connectivity index (χ2n) is 2.76. The number of H-pyrrole nitrogens is 1. The van der Waals surface area contributed by atoms with Crippen LogP contribution >= 0.6 is 12.4 Å². The van der Waals surface area contributed by atoms with Gasteiger partial charge in [0.2, 0.25) is 5.43 Å². The van der Waals surface area contributed by atoms with E-state index in [4.69, 9.17) is 5.73 Å². The second kappa shape index (κ2) is 3.67. The molecule has 0 atom stereocenters. The fraction of sp³-hybridized carbons (Fsp3) is 0. The number of anilines is 1. The normalized spacial score (nSPS) is 9.79. The average molecular weight is 215 g/mol. The molecule has 0 spiro atoms. The lowest BCUT2D eigenvalue weighted by atomic mass is 10.2. The fourth-order valence-electron chi connectivity index (χ4n) is 1.21. The summed E-state index contributed by atoms with van der Waals surface area (Å²) in [7, 11) is 0. The van der Waals surface area contributed by atoms with E-state index in [0.717, 1.165) is 0 Å². The molecule has 0 aliphatic heterocycles. The van der Waals surface area contributed by atoms with Gasteiger partial charge in [-0.05, 0) is 18.2 Å².